The van der Waals surface area contributed by atoms with Crippen molar-refractivity contribution in [2.75, 3.05) is 6.54 Å². The first kappa shape index (κ1) is 8.43. The molecule has 3 heteroatoms. The number of carbonyl (C=O) groups is 1. The molecule has 0 bridgehead atoms. The molecule has 0 fully saturated rings. The summed E-state index contributed by atoms with van der Waals surface area (Å²) in [4.78, 5) is 13.8. The lowest BCUT2D eigenvalue weighted by Crippen LogP contribution is -2.14. The van der Waals surface area contributed by atoms with Crippen LogP contribution >= 0.6 is 0 Å². The fraction of sp³-hybridized carbons (Fsp3) is 0.833. The van der Waals surface area contributed by atoms with Crippen molar-refractivity contribution < 1.29 is 9.63 Å². The molecular formula is C6H13NO2. The third-order valence-electron chi connectivity index (χ3n) is 1.01. The quantitative estimate of drug-likeness (QED) is 0.330. The van der Waals surface area contributed by atoms with Crippen molar-refractivity contribution in [2.24, 2.45) is 0 Å². The van der Waals surface area contributed by atoms with E-state index in [1.54, 1.807) is 0 Å². The molecule has 0 aliphatic carbocycles. The van der Waals surface area contributed by atoms with Crippen LogP contribution in [0, 0.1) is 0 Å². The minimum absolute atomic E-state index is 0.395. The highest BCUT2D eigenvalue weighted by Gasteiger charge is 1.83. The van der Waals surface area contributed by atoms with Gasteiger partial charge in [0.15, 0.2) is 0 Å². The molecule has 0 aromatic rings. The third-order valence-corrected chi connectivity index (χ3v) is 1.01. The third kappa shape index (κ3) is 7.43. The first-order valence-corrected chi connectivity index (χ1v) is 3.24. The number of hydrogen-bond donors (Lipinski definition) is 1. The average molecular weight is 131 g/mol. The van der Waals surface area contributed by atoms with Crippen LogP contribution in [0.15, 0.2) is 0 Å². The maximum Gasteiger partial charge on any atom is 0.312 e. The highest BCUT2D eigenvalue weighted by Crippen LogP contribution is 1.90. The minimum atomic E-state index is 0.395. The molecule has 0 heterocycles. The van der Waals surface area contributed by atoms with Crippen LogP contribution < -0.4 is 5.48 Å². The number of hydroxylamine groups is 1. The first-order valence-electron chi connectivity index (χ1n) is 3.24. The molecule has 0 radical (unpaired) electrons. The Morgan fingerprint density at radius 2 is 2.33 bits per heavy atom. The molecule has 0 aromatic heterocycles. The number of rotatable bonds is 6. The van der Waals surface area contributed by atoms with Crippen LogP contribution in [0.25, 0.3) is 0 Å². The summed E-state index contributed by atoms with van der Waals surface area (Å²) in [6.07, 6.45) is 3.42. The molecule has 0 saturated carbocycles. The maximum absolute atomic E-state index is 9.55. The summed E-state index contributed by atoms with van der Waals surface area (Å²) in [5.41, 5.74) is 2.50. The molecular weight excluding hydrogens is 118 g/mol. The molecule has 0 atom stereocenters. The van der Waals surface area contributed by atoms with E-state index in [4.69, 9.17) is 0 Å². The van der Waals surface area contributed by atoms with E-state index in [1.165, 1.54) is 12.8 Å². The molecule has 0 spiro atoms. The molecule has 1 N–H and O–H groups in total. The Morgan fingerprint density at radius 3 is 2.89 bits per heavy atom. The van der Waals surface area contributed by atoms with Gasteiger partial charge in [-0.05, 0) is 6.42 Å². The number of carbonyl (C=O) groups excluding carboxylic acids is 1. The van der Waals surface area contributed by atoms with Crippen LogP contribution in [0.4, 0.5) is 0 Å². The zero-order valence-corrected chi connectivity index (χ0v) is 5.72. The van der Waals surface area contributed by atoms with Crippen LogP contribution in [-0.4, -0.2) is 13.0 Å². The fourth-order valence-electron chi connectivity index (χ4n) is 0.540. The lowest BCUT2D eigenvalue weighted by atomic mass is 10.3. The molecule has 0 amide bonds. The summed E-state index contributed by atoms with van der Waals surface area (Å²) in [5, 5.41) is 0. The van der Waals surface area contributed by atoms with Crippen molar-refractivity contribution >= 4 is 6.47 Å². The Bertz CT molecular complexity index is 66.1. The van der Waals surface area contributed by atoms with Gasteiger partial charge in [0, 0.05) is 6.54 Å². The lowest BCUT2D eigenvalue weighted by Gasteiger charge is -1.97. The van der Waals surface area contributed by atoms with Crippen molar-refractivity contribution in [3.05, 3.63) is 0 Å². The Labute approximate surface area is 55.3 Å². The van der Waals surface area contributed by atoms with E-state index in [2.05, 4.69) is 17.2 Å². The molecule has 0 aromatic carbocycles. The highest BCUT2D eigenvalue weighted by molar-refractivity contribution is 5.36. The number of unbranched alkanes of at least 4 members (excludes halogenated alkanes) is 2. The molecule has 0 unspecified atom stereocenters. The Kier molecular flexibility index (Phi) is 6.96. The molecule has 0 saturated heterocycles. The van der Waals surface area contributed by atoms with Gasteiger partial charge in [-0.2, -0.15) is 5.48 Å². The van der Waals surface area contributed by atoms with Gasteiger partial charge in [0.2, 0.25) is 0 Å². The zero-order valence-electron chi connectivity index (χ0n) is 5.72. The second-order valence-electron chi connectivity index (χ2n) is 1.82. The van der Waals surface area contributed by atoms with Crippen LogP contribution in [0.1, 0.15) is 26.2 Å². The molecule has 0 aliphatic heterocycles. The summed E-state index contributed by atoms with van der Waals surface area (Å²) in [6.45, 7) is 3.28. The van der Waals surface area contributed by atoms with Crippen LogP contribution in [0.5, 0.6) is 0 Å². The van der Waals surface area contributed by atoms with Crippen molar-refractivity contribution in [3.63, 3.8) is 0 Å². The van der Waals surface area contributed by atoms with Gasteiger partial charge in [-0.25, -0.2) is 0 Å². The Balaban J connectivity index is 2.66. The van der Waals surface area contributed by atoms with Gasteiger partial charge < -0.3 is 4.84 Å². The maximum atomic E-state index is 9.55. The van der Waals surface area contributed by atoms with Gasteiger partial charge in [-0.15, -0.1) is 0 Å². The smallest absolute Gasteiger partial charge is 0.312 e. The van der Waals surface area contributed by atoms with E-state index < -0.39 is 0 Å². The van der Waals surface area contributed by atoms with Gasteiger partial charge >= 0.3 is 6.47 Å². The van der Waals surface area contributed by atoms with E-state index in [-0.39, 0.29) is 0 Å². The SMILES string of the molecule is CCCCCNOC=O. The average Bonchev–Trinajstić information content (AvgIpc) is 1.89. The monoisotopic (exact) mass is 131 g/mol. The van der Waals surface area contributed by atoms with Gasteiger partial charge in [0.25, 0.3) is 0 Å². The molecule has 0 aliphatic rings. The van der Waals surface area contributed by atoms with Crippen molar-refractivity contribution in [2.45, 2.75) is 26.2 Å². The van der Waals surface area contributed by atoms with Crippen LogP contribution in [0.2, 0.25) is 0 Å². The predicted molar refractivity (Wildman–Crippen MR) is 34.7 cm³/mol. The second-order valence-corrected chi connectivity index (χ2v) is 1.82. The largest absolute Gasteiger partial charge is 0.374 e. The lowest BCUT2D eigenvalue weighted by molar-refractivity contribution is -0.135. The van der Waals surface area contributed by atoms with Crippen molar-refractivity contribution in [3.8, 4) is 0 Å². The summed E-state index contributed by atoms with van der Waals surface area (Å²) >= 11 is 0. The van der Waals surface area contributed by atoms with Crippen LogP contribution in [0.3, 0.4) is 0 Å². The molecule has 9 heavy (non-hydrogen) atoms. The Morgan fingerprint density at radius 1 is 1.56 bits per heavy atom. The molecule has 54 valence electrons. The normalized spacial score (nSPS) is 9.00. The summed E-state index contributed by atoms with van der Waals surface area (Å²) in [7, 11) is 0. The van der Waals surface area contributed by atoms with Crippen molar-refractivity contribution in [1.29, 1.82) is 0 Å². The van der Waals surface area contributed by atoms with E-state index >= 15 is 0 Å². The highest BCUT2D eigenvalue weighted by atomic mass is 16.7. The van der Waals surface area contributed by atoms with Gasteiger partial charge in [-0.1, -0.05) is 19.8 Å². The van der Waals surface area contributed by atoms with E-state index in [9.17, 15) is 4.79 Å². The summed E-state index contributed by atoms with van der Waals surface area (Å²) in [5.74, 6) is 0. The number of nitrogens with one attached hydrogen (secondary N) is 1. The minimum Gasteiger partial charge on any atom is -0.374 e. The standard InChI is InChI=1S/C6H13NO2/c1-2-3-4-5-7-9-6-8/h6-7H,2-5H2,1H3. The van der Waals surface area contributed by atoms with E-state index in [0.29, 0.717) is 6.47 Å². The topological polar surface area (TPSA) is 38.3 Å². The summed E-state index contributed by atoms with van der Waals surface area (Å²) in [6, 6.07) is 0. The fourth-order valence-corrected chi connectivity index (χ4v) is 0.540. The first-order chi connectivity index (χ1) is 4.41. The van der Waals surface area contributed by atoms with Crippen molar-refractivity contribution in [1.82, 2.24) is 5.48 Å². The van der Waals surface area contributed by atoms with Gasteiger partial charge in [0.05, 0.1) is 0 Å². The van der Waals surface area contributed by atoms with E-state index in [1.807, 2.05) is 0 Å². The van der Waals surface area contributed by atoms with Gasteiger partial charge in [-0.3, -0.25) is 4.79 Å². The van der Waals surface area contributed by atoms with Crippen LogP contribution in [-0.2, 0) is 9.63 Å². The predicted octanol–water partition coefficient (Wildman–Crippen LogP) is 0.854. The Hall–Kier alpha value is -0.570. The summed E-state index contributed by atoms with van der Waals surface area (Å²) < 4.78 is 0. The zero-order chi connectivity index (χ0) is 6.95. The van der Waals surface area contributed by atoms with Gasteiger partial charge in [0.1, 0.15) is 0 Å². The number of hydrogen-bond acceptors (Lipinski definition) is 3. The second kappa shape index (κ2) is 7.43. The van der Waals surface area contributed by atoms with E-state index in [0.717, 1.165) is 13.0 Å². The molecule has 3 nitrogen and oxygen atoms in total. The molecule has 0 rings (SSSR count).